The van der Waals surface area contributed by atoms with Crippen LogP contribution in [0.5, 0.6) is 0 Å². The molecule has 0 atom stereocenters. The fourth-order valence-electron chi connectivity index (χ4n) is 1.88. The highest BCUT2D eigenvalue weighted by molar-refractivity contribution is 6.59. The van der Waals surface area contributed by atoms with Crippen molar-refractivity contribution in [1.82, 2.24) is 4.98 Å². The lowest BCUT2D eigenvalue weighted by Crippen LogP contribution is -2.32. The number of hydrogen-bond acceptors (Lipinski definition) is 4. The van der Waals surface area contributed by atoms with Crippen molar-refractivity contribution >= 4 is 23.7 Å². The number of halogens is 1. The van der Waals surface area contributed by atoms with Gasteiger partial charge in [0.2, 0.25) is 5.89 Å². The van der Waals surface area contributed by atoms with E-state index in [9.17, 15) is 4.39 Å². The fraction of sp³-hybridized carbons (Fsp3) is 0. The maximum Gasteiger partial charge on any atom is 0.491 e. The van der Waals surface area contributed by atoms with Crippen LogP contribution in [0, 0.1) is 5.82 Å². The van der Waals surface area contributed by atoms with Gasteiger partial charge in [-0.25, -0.2) is 9.37 Å². The summed E-state index contributed by atoms with van der Waals surface area (Å²) in [4.78, 5) is 4.17. The van der Waals surface area contributed by atoms with Crippen molar-refractivity contribution in [3.05, 3.63) is 48.3 Å². The Bertz CT molecular complexity index is 727. The largest absolute Gasteiger partial charge is 0.491 e. The Morgan fingerprint density at radius 2 is 1.79 bits per heavy atom. The predicted octanol–water partition coefficient (Wildman–Crippen LogP) is 1.31. The first-order valence-corrected chi connectivity index (χ1v) is 5.67. The van der Waals surface area contributed by atoms with Crippen molar-refractivity contribution in [3.8, 4) is 11.5 Å². The van der Waals surface area contributed by atoms with Gasteiger partial charge in [0.15, 0.2) is 11.4 Å². The van der Waals surface area contributed by atoms with Gasteiger partial charge in [0.25, 0.3) is 0 Å². The van der Waals surface area contributed by atoms with Crippen LogP contribution in [0.3, 0.4) is 0 Å². The van der Waals surface area contributed by atoms with E-state index in [1.807, 2.05) is 18.2 Å². The average Bonchev–Trinajstić information content (AvgIpc) is 2.85. The van der Waals surface area contributed by atoms with Crippen LogP contribution >= 0.6 is 0 Å². The molecule has 0 unspecified atom stereocenters. The van der Waals surface area contributed by atoms with E-state index in [1.165, 1.54) is 12.1 Å². The van der Waals surface area contributed by atoms with Gasteiger partial charge in [-0.3, -0.25) is 0 Å². The number of nitrogens with zero attached hydrogens (tertiary/aromatic N) is 1. The molecule has 94 valence electrons. The summed E-state index contributed by atoms with van der Waals surface area (Å²) in [6.07, 6.45) is 0. The lowest BCUT2D eigenvalue weighted by molar-refractivity contribution is 0.422. The lowest BCUT2D eigenvalue weighted by atomic mass is 9.80. The number of rotatable bonds is 2. The maximum atomic E-state index is 14.0. The van der Waals surface area contributed by atoms with Gasteiger partial charge in [-0.05, 0) is 18.2 Å². The smallest absolute Gasteiger partial charge is 0.433 e. The molecule has 3 rings (SSSR count). The summed E-state index contributed by atoms with van der Waals surface area (Å²) in [6.45, 7) is 0. The molecule has 2 aromatic carbocycles. The molecule has 0 aliphatic carbocycles. The van der Waals surface area contributed by atoms with Gasteiger partial charge in [0, 0.05) is 11.0 Å². The SMILES string of the molecule is OB(O)c1ccc2nc(-c3ccccc3)oc2c1F. The third-order valence-corrected chi connectivity index (χ3v) is 2.83. The minimum absolute atomic E-state index is 0.0792. The molecule has 0 radical (unpaired) electrons. The predicted molar refractivity (Wildman–Crippen MR) is 69.2 cm³/mol. The summed E-state index contributed by atoms with van der Waals surface area (Å²) in [7, 11) is -1.88. The molecule has 0 spiro atoms. The first kappa shape index (κ1) is 11.9. The summed E-state index contributed by atoms with van der Waals surface area (Å²) in [5, 5.41) is 18.1. The number of hydrogen-bond donors (Lipinski definition) is 2. The second-order valence-electron chi connectivity index (χ2n) is 4.08. The Morgan fingerprint density at radius 3 is 2.47 bits per heavy atom. The van der Waals surface area contributed by atoms with Crippen LogP contribution in [-0.4, -0.2) is 22.2 Å². The number of benzene rings is 2. The summed E-state index contributed by atoms with van der Waals surface area (Å²) in [6, 6.07) is 11.9. The second kappa shape index (κ2) is 4.49. The van der Waals surface area contributed by atoms with Gasteiger partial charge in [0.1, 0.15) is 5.52 Å². The van der Waals surface area contributed by atoms with Gasteiger partial charge in [-0.1, -0.05) is 24.3 Å². The molecular weight excluding hydrogens is 248 g/mol. The molecule has 0 fully saturated rings. The van der Waals surface area contributed by atoms with Crippen molar-refractivity contribution in [2.24, 2.45) is 0 Å². The van der Waals surface area contributed by atoms with E-state index in [0.717, 1.165) is 5.56 Å². The highest BCUT2D eigenvalue weighted by Gasteiger charge is 2.21. The van der Waals surface area contributed by atoms with Crippen molar-refractivity contribution in [2.45, 2.75) is 0 Å². The van der Waals surface area contributed by atoms with Crippen molar-refractivity contribution in [2.75, 3.05) is 0 Å². The van der Waals surface area contributed by atoms with Gasteiger partial charge in [0.05, 0.1) is 0 Å². The maximum absolute atomic E-state index is 14.0. The molecule has 2 N–H and O–H groups in total. The molecule has 0 aliphatic heterocycles. The zero-order chi connectivity index (χ0) is 13.4. The Morgan fingerprint density at radius 1 is 1.05 bits per heavy atom. The Hall–Kier alpha value is -2.18. The molecular formula is C13H9BFNO3. The minimum atomic E-state index is -1.88. The van der Waals surface area contributed by atoms with Gasteiger partial charge in [-0.15, -0.1) is 0 Å². The summed E-state index contributed by atoms with van der Waals surface area (Å²) < 4.78 is 19.4. The van der Waals surface area contributed by atoms with E-state index >= 15 is 0 Å². The zero-order valence-corrected chi connectivity index (χ0v) is 9.75. The summed E-state index contributed by atoms with van der Waals surface area (Å²) >= 11 is 0. The molecule has 0 aliphatic rings. The topological polar surface area (TPSA) is 66.5 Å². The van der Waals surface area contributed by atoms with Crippen molar-refractivity contribution in [1.29, 1.82) is 0 Å². The molecule has 1 heterocycles. The minimum Gasteiger partial charge on any atom is -0.433 e. The first-order valence-electron chi connectivity index (χ1n) is 5.67. The van der Waals surface area contributed by atoms with E-state index < -0.39 is 12.9 Å². The van der Waals surface area contributed by atoms with Crippen molar-refractivity contribution < 1.29 is 18.9 Å². The van der Waals surface area contributed by atoms with Crippen LogP contribution in [0.15, 0.2) is 46.9 Å². The highest BCUT2D eigenvalue weighted by atomic mass is 19.1. The molecule has 0 amide bonds. The summed E-state index contributed by atoms with van der Waals surface area (Å²) in [5.74, 6) is -0.513. The van der Waals surface area contributed by atoms with Crippen LogP contribution in [-0.2, 0) is 0 Å². The Labute approximate surface area is 108 Å². The van der Waals surface area contributed by atoms with E-state index in [4.69, 9.17) is 14.5 Å². The third-order valence-electron chi connectivity index (χ3n) is 2.83. The first-order chi connectivity index (χ1) is 9.16. The van der Waals surface area contributed by atoms with E-state index in [1.54, 1.807) is 12.1 Å². The van der Waals surface area contributed by atoms with Gasteiger partial charge < -0.3 is 14.5 Å². The molecule has 4 nitrogen and oxygen atoms in total. The Kier molecular flexibility index (Phi) is 2.81. The van der Waals surface area contributed by atoms with Gasteiger partial charge in [-0.2, -0.15) is 0 Å². The standard InChI is InChI=1S/C13H9BFNO3/c15-11-9(14(17)18)6-7-10-12(11)19-13(16-10)8-4-2-1-3-5-8/h1-7,17-18H. The second-order valence-corrected chi connectivity index (χ2v) is 4.08. The highest BCUT2D eigenvalue weighted by Crippen LogP contribution is 2.25. The van der Waals surface area contributed by atoms with Crippen LogP contribution in [0.2, 0.25) is 0 Å². The molecule has 0 saturated carbocycles. The molecule has 3 aromatic rings. The monoisotopic (exact) mass is 257 g/mol. The molecule has 19 heavy (non-hydrogen) atoms. The fourth-order valence-corrected chi connectivity index (χ4v) is 1.88. The average molecular weight is 257 g/mol. The van der Waals surface area contributed by atoms with Gasteiger partial charge >= 0.3 is 7.12 Å². The molecule has 1 aromatic heterocycles. The van der Waals surface area contributed by atoms with Crippen LogP contribution in [0.4, 0.5) is 4.39 Å². The van der Waals surface area contributed by atoms with Crippen LogP contribution in [0.25, 0.3) is 22.6 Å². The van der Waals surface area contributed by atoms with E-state index in [0.29, 0.717) is 11.4 Å². The number of fused-ring (bicyclic) bond motifs is 1. The van der Waals surface area contributed by atoms with E-state index in [-0.39, 0.29) is 11.0 Å². The quantitative estimate of drug-likeness (QED) is 0.679. The molecule has 0 saturated heterocycles. The normalized spacial score (nSPS) is 10.9. The van der Waals surface area contributed by atoms with E-state index in [2.05, 4.69) is 4.98 Å². The van der Waals surface area contributed by atoms with Crippen LogP contribution in [0.1, 0.15) is 0 Å². The lowest BCUT2D eigenvalue weighted by Gasteiger charge is -1.99. The molecule has 6 heteroatoms. The summed E-state index contributed by atoms with van der Waals surface area (Å²) in [5.41, 5.74) is 0.748. The third kappa shape index (κ3) is 2.01. The zero-order valence-electron chi connectivity index (χ0n) is 9.75. The number of aromatic nitrogens is 1. The molecule has 0 bridgehead atoms. The Balaban J connectivity index is 2.19. The van der Waals surface area contributed by atoms with Crippen molar-refractivity contribution in [3.63, 3.8) is 0 Å². The number of oxazole rings is 1. The van der Waals surface area contributed by atoms with Crippen LogP contribution < -0.4 is 5.46 Å².